The van der Waals surface area contributed by atoms with Crippen LogP contribution in [-0.4, -0.2) is 30.8 Å². The van der Waals surface area contributed by atoms with Gasteiger partial charge in [0.1, 0.15) is 12.4 Å². The standard InChI is InChI=1S/C22H27FN6O/c1-3-28-21-13(9-24)6-14(10-27-2)20(25)18-5-4-17(23)7-16(18)12-30-19-8-15(21)11-29-22(19)26/h4-5,7-8,10-11,25,27-28H,3,6,9,12,24H2,1-2H3,(H2,26,29)/b14-10-,21-13-,25-20?. The van der Waals surface area contributed by atoms with Crippen molar-refractivity contribution in [2.24, 2.45) is 5.73 Å². The summed E-state index contributed by atoms with van der Waals surface area (Å²) in [6, 6.07) is 6.13. The highest BCUT2D eigenvalue weighted by Crippen LogP contribution is 2.30. The molecular formula is C22H27FN6O. The number of nitrogens with one attached hydrogen (secondary N) is 3. The number of hydrogen-bond donors (Lipinski definition) is 5. The first-order valence-electron chi connectivity index (χ1n) is 9.77. The van der Waals surface area contributed by atoms with Crippen LogP contribution in [0.15, 0.2) is 47.8 Å². The molecule has 0 unspecified atom stereocenters. The molecule has 158 valence electrons. The number of benzene rings is 1. The Balaban J connectivity index is 2.25. The lowest BCUT2D eigenvalue weighted by Crippen LogP contribution is -2.21. The van der Waals surface area contributed by atoms with Crippen molar-refractivity contribution >= 4 is 17.2 Å². The van der Waals surface area contributed by atoms with Gasteiger partial charge in [0.25, 0.3) is 0 Å². The number of ether oxygens (including phenoxy) is 1. The lowest BCUT2D eigenvalue weighted by molar-refractivity contribution is 0.306. The van der Waals surface area contributed by atoms with Gasteiger partial charge in [-0.15, -0.1) is 0 Å². The van der Waals surface area contributed by atoms with Crippen molar-refractivity contribution in [2.45, 2.75) is 20.0 Å². The van der Waals surface area contributed by atoms with E-state index in [1.807, 2.05) is 13.0 Å². The van der Waals surface area contributed by atoms with Crippen LogP contribution in [0.2, 0.25) is 0 Å². The number of nitrogens with two attached hydrogens (primary N) is 2. The van der Waals surface area contributed by atoms with Crippen molar-refractivity contribution in [3.05, 3.63) is 70.3 Å². The number of hydrogen-bond acceptors (Lipinski definition) is 7. The molecule has 7 N–H and O–H groups in total. The number of fused-ring (bicyclic) bond motifs is 3. The molecule has 2 bridgehead atoms. The first kappa shape index (κ1) is 21.3. The van der Waals surface area contributed by atoms with E-state index in [1.54, 1.807) is 25.5 Å². The quantitative estimate of drug-likeness (QED) is 0.528. The summed E-state index contributed by atoms with van der Waals surface area (Å²) in [5, 5.41) is 15.2. The van der Waals surface area contributed by atoms with Gasteiger partial charge in [-0.3, -0.25) is 5.41 Å². The number of nitrogen functional groups attached to an aromatic ring is 1. The highest BCUT2D eigenvalue weighted by molar-refractivity contribution is 6.11. The fourth-order valence-corrected chi connectivity index (χ4v) is 3.45. The zero-order valence-electron chi connectivity index (χ0n) is 17.2. The zero-order valence-corrected chi connectivity index (χ0v) is 17.2. The predicted octanol–water partition coefficient (Wildman–Crippen LogP) is 2.54. The van der Waals surface area contributed by atoms with Gasteiger partial charge in [0.15, 0.2) is 11.6 Å². The van der Waals surface area contributed by atoms with E-state index in [0.717, 1.165) is 22.4 Å². The molecule has 1 aromatic heterocycles. The van der Waals surface area contributed by atoms with Gasteiger partial charge in [-0.05, 0) is 42.3 Å². The average molecular weight is 410 g/mol. The van der Waals surface area contributed by atoms with Gasteiger partial charge >= 0.3 is 0 Å². The van der Waals surface area contributed by atoms with Gasteiger partial charge in [-0.2, -0.15) is 0 Å². The largest absolute Gasteiger partial charge is 0.485 e. The number of pyridine rings is 1. The van der Waals surface area contributed by atoms with Crippen LogP contribution in [0.25, 0.3) is 5.70 Å². The molecule has 0 spiro atoms. The van der Waals surface area contributed by atoms with E-state index < -0.39 is 5.82 Å². The third kappa shape index (κ3) is 4.44. The molecule has 1 aliphatic heterocycles. The van der Waals surface area contributed by atoms with Gasteiger partial charge in [-0.1, -0.05) is 0 Å². The van der Waals surface area contributed by atoms with E-state index >= 15 is 0 Å². The Morgan fingerprint density at radius 3 is 2.83 bits per heavy atom. The third-order valence-corrected chi connectivity index (χ3v) is 4.89. The summed E-state index contributed by atoms with van der Waals surface area (Å²) in [6.07, 6.45) is 3.88. The highest BCUT2D eigenvalue weighted by Gasteiger charge is 2.20. The molecule has 1 aliphatic rings. The summed E-state index contributed by atoms with van der Waals surface area (Å²) >= 11 is 0. The van der Waals surface area contributed by atoms with Gasteiger partial charge in [-0.25, -0.2) is 9.37 Å². The van der Waals surface area contributed by atoms with E-state index in [9.17, 15) is 4.39 Å². The van der Waals surface area contributed by atoms with Crippen LogP contribution in [0.3, 0.4) is 0 Å². The van der Waals surface area contributed by atoms with E-state index in [4.69, 9.17) is 21.6 Å². The second-order valence-corrected chi connectivity index (χ2v) is 6.92. The first-order chi connectivity index (χ1) is 14.5. The molecule has 2 heterocycles. The molecule has 0 atom stereocenters. The molecule has 0 amide bonds. The van der Waals surface area contributed by atoms with Gasteiger partial charge in [0, 0.05) is 61.3 Å². The summed E-state index contributed by atoms with van der Waals surface area (Å²) < 4.78 is 19.9. The highest BCUT2D eigenvalue weighted by atomic mass is 19.1. The van der Waals surface area contributed by atoms with Crippen LogP contribution in [0.1, 0.15) is 30.0 Å². The number of halogens is 1. The SMILES string of the molecule is CCN/C1=C(\CN)C/C(=C/NC)C(=N)c2ccc(F)cc2COc2cc1cnc2N. The third-order valence-electron chi connectivity index (χ3n) is 4.89. The summed E-state index contributed by atoms with van der Waals surface area (Å²) in [4.78, 5) is 4.27. The van der Waals surface area contributed by atoms with Gasteiger partial charge in [0.2, 0.25) is 0 Å². The summed E-state index contributed by atoms with van der Waals surface area (Å²) in [6.45, 7) is 3.02. The molecule has 2 aromatic rings. The minimum Gasteiger partial charge on any atom is -0.485 e. The summed E-state index contributed by atoms with van der Waals surface area (Å²) in [5.41, 5.74) is 16.8. The van der Waals surface area contributed by atoms with Crippen molar-refractivity contribution in [1.29, 1.82) is 5.41 Å². The van der Waals surface area contributed by atoms with Gasteiger partial charge < -0.3 is 26.8 Å². The Morgan fingerprint density at radius 1 is 1.33 bits per heavy atom. The molecule has 1 aromatic carbocycles. The zero-order chi connectivity index (χ0) is 21.7. The van der Waals surface area contributed by atoms with Crippen LogP contribution < -0.4 is 26.8 Å². The monoisotopic (exact) mass is 410 g/mol. The van der Waals surface area contributed by atoms with Crippen molar-refractivity contribution in [3.63, 3.8) is 0 Å². The molecule has 0 aliphatic carbocycles. The minimum absolute atomic E-state index is 0.0572. The van der Waals surface area contributed by atoms with E-state index in [-0.39, 0.29) is 24.7 Å². The van der Waals surface area contributed by atoms with Crippen molar-refractivity contribution in [2.75, 3.05) is 25.9 Å². The predicted molar refractivity (Wildman–Crippen MR) is 118 cm³/mol. The van der Waals surface area contributed by atoms with Gasteiger partial charge in [0.05, 0.1) is 5.71 Å². The van der Waals surface area contributed by atoms with Crippen LogP contribution >= 0.6 is 0 Å². The number of aromatic nitrogens is 1. The van der Waals surface area contributed by atoms with E-state index in [2.05, 4.69) is 15.6 Å². The Labute approximate surface area is 175 Å². The minimum atomic E-state index is -0.395. The molecule has 7 nitrogen and oxygen atoms in total. The molecule has 30 heavy (non-hydrogen) atoms. The van der Waals surface area contributed by atoms with E-state index in [0.29, 0.717) is 29.8 Å². The van der Waals surface area contributed by atoms with E-state index in [1.165, 1.54) is 12.1 Å². The Morgan fingerprint density at radius 2 is 2.13 bits per heavy atom. The maximum absolute atomic E-state index is 14.0. The molecule has 3 rings (SSSR count). The normalized spacial score (nSPS) is 18.1. The van der Waals surface area contributed by atoms with Crippen LogP contribution in [-0.2, 0) is 6.61 Å². The Kier molecular flexibility index (Phi) is 6.68. The second kappa shape index (κ2) is 9.41. The average Bonchev–Trinajstić information content (AvgIpc) is 2.74. The van der Waals surface area contributed by atoms with Crippen LogP contribution in [0, 0.1) is 11.2 Å². The number of allylic oxidation sites excluding steroid dienone is 1. The fourth-order valence-electron chi connectivity index (χ4n) is 3.45. The Bertz CT molecular complexity index is 1010. The number of anilines is 1. The smallest absolute Gasteiger partial charge is 0.166 e. The Hall–Kier alpha value is -3.39. The second-order valence-electron chi connectivity index (χ2n) is 6.92. The fraction of sp³-hybridized carbons (Fsp3) is 0.273. The topological polar surface area (TPSA) is 122 Å². The lowest BCUT2D eigenvalue weighted by Gasteiger charge is -2.21. The molecule has 0 fully saturated rings. The van der Waals surface area contributed by atoms with Crippen molar-refractivity contribution in [1.82, 2.24) is 15.6 Å². The number of nitrogens with zero attached hydrogens (tertiary/aromatic N) is 1. The van der Waals surface area contributed by atoms with Crippen molar-refractivity contribution < 1.29 is 9.13 Å². The summed E-state index contributed by atoms with van der Waals surface area (Å²) in [5.74, 6) is 0.241. The molecule has 0 saturated heterocycles. The van der Waals surface area contributed by atoms with Crippen LogP contribution in [0.5, 0.6) is 5.75 Å². The molecule has 0 radical (unpaired) electrons. The molecular weight excluding hydrogens is 383 g/mol. The maximum Gasteiger partial charge on any atom is 0.166 e. The number of rotatable bonds is 4. The lowest BCUT2D eigenvalue weighted by atomic mass is 9.92. The summed E-state index contributed by atoms with van der Waals surface area (Å²) in [7, 11) is 1.78. The van der Waals surface area contributed by atoms with Crippen LogP contribution in [0.4, 0.5) is 10.2 Å². The van der Waals surface area contributed by atoms with Crippen molar-refractivity contribution in [3.8, 4) is 5.75 Å². The molecule has 8 heteroatoms. The maximum atomic E-state index is 14.0. The molecule has 0 saturated carbocycles. The first-order valence-corrected chi connectivity index (χ1v) is 9.77.